The molecule has 6 amide bonds. The summed E-state index contributed by atoms with van der Waals surface area (Å²) in [6.07, 6.45) is 10.9. The summed E-state index contributed by atoms with van der Waals surface area (Å²) in [5.74, 6) is -1.89. The van der Waals surface area contributed by atoms with E-state index in [0.717, 1.165) is 14.7 Å². The smallest absolute Gasteiger partial charge is 0.224 e. The third-order valence-electron chi connectivity index (χ3n) is 3.01. The van der Waals surface area contributed by atoms with Crippen LogP contribution in [0, 0.1) is 26.9 Å². The van der Waals surface area contributed by atoms with Crippen LogP contribution < -0.4 is 0 Å². The fourth-order valence-corrected chi connectivity index (χ4v) is 1.64. The predicted octanol–water partition coefficient (Wildman–Crippen LogP) is 0.594. The second kappa shape index (κ2) is 15.0. The number of thiol groups is 1. The van der Waals surface area contributed by atoms with Gasteiger partial charge in [0.15, 0.2) is 0 Å². The van der Waals surface area contributed by atoms with E-state index in [0.29, 0.717) is 6.42 Å². The number of carbonyl (C=O) groups excluding carboxylic acids is 6. The predicted molar refractivity (Wildman–Crippen MR) is 103 cm³/mol. The van der Waals surface area contributed by atoms with Gasteiger partial charge in [0.25, 0.3) is 0 Å². The summed E-state index contributed by atoms with van der Waals surface area (Å²) in [5, 5.41) is 0. The van der Waals surface area contributed by atoms with E-state index in [4.69, 9.17) is 0 Å². The number of carbonyl (C=O) groups is 6. The molecule has 3 aliphatic rings. The summed E-state index contributed by atoms with van der Waals surface area (Å²) in [4.78, 5) is 65.6. The van der Waals surface area contributed by atoms with Gasteiger partial charge in [-0.1, -0.05) is 6.92 Å². The molecule has 1 radical (unpaired) electrons. The van der Waals surface area contributed by atoms with Crippen molar-refractivity contribution in [2.24, 2.45) is 0 Å². The first-order valence-electron chi connectivity index (χ1n) is 7.62. The normalized spacial score (nSPS) is 16.2. The summed E-state index contributed by atoms with van der Waals surface area (Å²) in [5.41, 5.74) is 0. The minimum atomic E-state index is -0.352. The molecule has 0 bridgehead atoms. The second-order valence-corrected chi connectivity index (χ2v) is 4.85. The van der Waals surface area contributed by atoms with Gasteiger partial charge in [-0.05, 0) is 0 Å². The molecule has 0 saturated heterocycles. The van der Waals surface area contributed by atoms with Crippen LogP contribution >= 0.6 is 12.6 Å². The van der Waals surface area contributed by atoms with Crippen LogP contribution in [-0.2, 0) is 61.5 Å². The summed E-state index contributed by atoms with van der Waals surface area (Å²) in [7, 11) is 6.34. The molecule has 0 unspecified atom stereocenters. The van der Waals surface area contributed by atoms with Crippen molar-refractivity contribution in [3.05, 3.63) is 63.4 Å². The SMILES string of the molecule is CC[CH-]N1C(=O)C=CC1=O.[CH2-]N1C(=O)C=CC1=O.[CH2-]N1C(=O)C=CC1=O.[CH2-]S.[Y]. The molecule has 3 aliphatic heterocycles. The quantitative estimate of drug-likeness (QED) is 0.342. The van der Waals surface area contributed by atoms with Crippen molar-refractivity contribution in [3.63, 3.8) is 0 Å². The Bertz CT molecular complexity index is 654. The van der Waals surface area contributed by atoms with Crippen molar-refractivity contribution < 1.29 is 61.5 Å². The van der Waals surface area contributed by atoms with Gasteiger partial charge in [-0.3, -0.25) is 35.0 Å². The van der Waals surface area contributed by atoms with Gasteiger partial charge in [0.2, 0.25) is 35.4 Å². The van der Waals surface area contributed by atoms with E-state index in [1.165, 1.54) is 36.5 Å². The van der Waals surface area contributed by atoms with Gasteiger partial charge in [-0.2, -0.15) is 6.42 Å². The number of rotatable bonds is 2. The Kier molecular flexibility index (Phi) is 15.2. The average molecular weight is 494 g/mol. The van der Waals surface area contributed by atoms with Crippen LogP contribution in [0.5, 0.6) is 0 Å². The fourth-order valence-electron chi connectivity index (χ4n) is 1.64. The van der Waals surface area contributed by atoms with Crippen LogP contribution in [0.2, 0.25) is 0 Å². The number of hydrogen-bond acceptors (Lipinski definition) is 7. The van der Waals surface area contributed by atoms with Gasteiger partial charge < -0.3 is 27.3 Å². The number of hydrogen-bond donors (Lipinski definition) is 1. The van der Waals surface area contributed by atoms with Crippen molar-refractivity contribution in [3.8, 4) is 0 Å². The van der Waals surface area contributed by atoms with Crippen molar-refractivity contribution >= 4 is 48.1 Å². The zero-order chi connectivity index (χ0) is 21.9. The van der Waals surface area contributed by atoms with E-state index < -0.39 is 0 Å². The van der Waals surface area contributed by atoms with Crippen LogP contribution in [-0.4, -0.2) is 50.1 Å². The Morgan fingerprint density at radius 1 is 0.690 bits per heavy atom. The Morgan fingerprint density at radius 3 is 1.10 bits per heavy atom. The standard InChI is InChI=1S/C7H8NO2.2C5H4NO2.CH3S.Y/c1-2-5-8-6(9)3-4-7(8)10;2*1-6-4(7)2-3-5(6)8;1-2;/h3-5H,2H2,1H3;2*2-3H,1H2;2H,1H2;/q4*-1;. The molecule has 3 heterocycles. The Hall–Kier alpha value is -1.91. The maximum atomic E-state index is 10.8. The topological polar surface area (TPSA) is 112 Å². The second-order valence-electron chi connectivity index (χ2n) is 4.85. The number of nitrogens with zero attached hydrogens (tertiary/aromatic N) is 3. The Balaban J connectivity index is 0. The molecule has 0 aromatic carbocycles. The van der Waals surface area contributed by atoms with E-state index in [1.807, 2.05) is 6.92 Å². The Morgan fingerprint density at radius 2 is 0.931 bits per heavy atom. The molecule has 0 fully saturated rings. The molecule has 0 aromatic heterocycles. The van der Waals surface area contributed by atoms with Gasteiger partial charge in [-0.25, -0.2) is 20.6 Å². The summed E-state index contributed by atoms with van der Waals surface area (Å²) in [6.45, 7) is 3.45. The largest absolute Gasteiger partial charge is 0.431 e. The van der Waals surface area contributed by atoms with Crippen molar-refractivity contribution in [1.82, 2.24) is 14.7 Å². The molecule has 0 aromatic rings. The van der Waals surface area contributed by atoms with Crippen molar-refractivity contribution in [1.29, 1.82) is 0 Å². The molecule has 155 valence electrons. The van der Waals surface area contributed by atoms with E-state index in [-0.39, 0.29) is 68.2 Å². The van der Waals surface area contributed by atoms with E-state index in [1.54, 1.807) is 6.54 Å². The number of amides is 6. The first-order chi connectivity index (χ1) is 13.2. The third-order valence-corrected chi connectivity index (χ3v) is 3.01. The summed E-state index contributed by atoms with van der Waals surface area (Å²) < 4.78 is 0. The molecule has 11 heteroatoms. The van der Waals surface area contributed by atoms with Gasteiger partial charge >= 0.3 is 0 Å². The summed E-state index contributed by atoms with van der Waals surface area (Å²) in [6, 6.07) is 0. The van der Waals surface area contributed by atoms with E-state index >= 15 is 0 Å². The van der Waals surface area contributed by atoms with Gasteiger partial charge in [0, 0.05) is 69.2 Å². The first-order valence-corrected chi connectivity index (χ1v) is 8.25. The van der Waals surface area contributed by atoms with Crippen LogP contribution in [0.1, 0.15) is 13.3 Å². The van der Waals surface area contributed by atoms with E-state index in [2.05, 4.69) is 33.0 Å². The molecule has 0 atom stereocenters. The number of imide groups is 3. The van der Waals surface area contributed by atoms with Crippen molar-refractivity contribution in [2.75, 3.05) is 0 Å². The molecule has 0 N–H and O–H groups in total. The van der Waals surface area contributed by atoms with Crippen LogP contribution in [0.15, 0.2) is 36.5 Å². The first kappa shape index (κ1) is 29.3. The van der Waals surface area contributed by atoms with E-state index in [9.17, 15) is 28.8 Å². The fraction of sp³-hybridized carbons (Fsp3) is 0.111. The van der Waals surface area contributed by atoms with Crippen LogP contribution in [0.25, 0.3) is 0 Å². The van der Waals surface area contributed by atoms with Gasteiger partial charge in [0.05, 0.1) is 0 Å². The van der Waals surface area contributed by atoms with Crippen molar-refractivity contribution in [2.45, 2.75) is 13.3 Å². The maximum Gasteiger partial charge on any atom is 0.224 e. The molecule has 3 rings (SSSR count). The van der Waals surface area contributed by atoms with Crippen LogP contribution in [0.4, 0.5) is 0 Å². The minimum Gasteiger partial charge on any atom is -0.431 e. The van der Waals surface area contributed by atoms with Crippen LogP contribution in [0.3, 0.4) is 0 Å². The molecular formula is C18H19N3O6SY-4. The molecular weight excluding hydrogens is 475 g/mol. The molecule has 0 saturated carbocycles. The zero-order valence-electron chi connectivity index (χ0n) is 15.7. The molecule has 0 aliphatic carbocycles. The average Bonchev–Trinajstić information content (AvgIpc) is 3.28. The zero-order valence-corrected chi connectivity index (χ0v) is 19.4. The summed E-state index contributed by atoms with van der Waals surface area (Å²) >= 11 is 3.28. The Labute approximate surface area is 200 Å². The minimum absolute atomic E-state index is 0. The molecule has 0 spiro atoms. The molecule has 29 heavy (non-hydrogen) atoms. The van der Waals surface area contributed by atoms with Gasteiger partial charge in [-0.15, -0.1) is 0 Å². The van der Waals surface area contributed by atoms with Gasteiger partial charge in [0.1, 0.15) is 0 Å². The third kappa shape index (κ3) is 9.42. The molecule has 9 nitrogen and oxygen atoms in total. The maximum absolute atomic E-state index is 10.8. The monoisotopic (exact) mass is 494 g/mol.